The summed E-state index contributed by atoms with van der Waals surface area (Å²) in [5.74, 6) is -0.0748. The fourth-order valence-electron chi connectivity index (χ4n) is 4.10. The Bertz CT molecular complexity index is 501. The van der Waals surface area contributed by atoms with Crippen LogP contribution in [0, 0.1) is 25.1 Å². The Balaban J connectivity index is 1.61. The van der Waals surface area contributed by atoms with Crippen molar-refractivity contribution in [3.8, 4) is 0 Å². The predicted molar refractivity (Wildman–Crippen MR) is 82.8 cm³/mol. The van der Waals surface area contributed by atoms with Crippen LogP contribution >= 0.6 is 0 Å². The van der Waals surface area contributed by atoms with Gasteiger partial charge in [0.05, 0.1) is 6.10 Å². The third kappa shape index (κ3) is 2.51. The highest BCUT2D eigenvalue weighted by Gasteiger charge is 2.58. The molecule has 1 aromatic rings. The zero-order chi connectivity index (χ0) is 15.0. The first-order valence-electron chi connectivity index (χ1n) is 8.17. The van der Waals surface area contributed by atoms with Gasteiger partial charge in [-0.25, -0.2) is 4.39 Å². The molecule has 2 aliphatic carbocycles. The minimum absolute atomic E-state index is 0.0748. The molecule has 0 radical (unpaired) electrons. The molecule has 2 nitrogen and oxygen atoms in total. The standard InChI is InChI=1S/C18H26FNO/c1-4-21-16-10-15(18(16)6-5-7-18)20-11-14-8-12(2)17(19)13(3)9-14/h8-9,15-16,20H,4-7,10-11H2,1-3H3. The van der Waals surface area contributed by atoms with E-state index in [0.717, 1.165) is 30.7 Å². The fraction of sp³-hybridized carbons (Fsp3) is 0.667. The molecule has 0 saturated heterocycles. The van der Waals surface area contributed by atoms with Crippen molar-refractivity contribution in [2.45, 2.75) is 65.1 Å². The van der Waals surface area contributed by atoms with Crippen LogP contribution in [0.15, 0.2) is 12.1 Å². The normalized spacial score (nSPS) is 26.5. The van der Waals surface area contributed by atoms with Gasteiger partial charge in [0.2, 0.25) is 0 Å². The Morgan fingerprint density at radius 2 is 1.95 bits per heavy atom. The smallest absolute Gasteiger partial charge is 0.129 e. The van der Waals surface area contributed by atoms with Gasteiger partial charge < -0.3 is 10.1 Å². The maximum Gasteiger partial charge on any atom is 0.129 e. The van der Waals surface area contributed by atoms with Crippen molar-refractivity contribution in [1.82, 2.24) is 5.32 Å². The molecule has 0 bridgehead atoms. The minimum atomic E-state index is -0.0748. The number of halogens is 1. The lowest BCUT2D eigenvalue weighted by molar-refractivity contribution is -0.173. The van der Waals surface area contributed by atoms with Crippen molar-refractivity contribution in [2.24, 2.45) is 5.41 Å². The van der Waals surface area contributed by atoms with E-state index >= 15 is 0 Å². The van der Waals surface area contributed by atoms with E-state index in [1.807, 2.05) is 26.0 Å². The Morgan fingerprint density at radius 1 is 1.29 bits per heavy atom. The maximum atomic E-state index is 13.7. The average Bonchev–Trinajstić information content (AvgIpc) is 2.37. The summed E-state index contributed by atoms with van der Waals surface area (Å²) in [5.41, 5.74) is 3.05. The van der Waals surface area contributed by atoms with Gasteiger partial charge in [0, 0.05) is 24.6 Å². The SMILES string of the molecule is CCOC1CC(NCc2cc(C)c(F)c(C)c2)C12CCC2. The van der Waals surface area contributed by atoms with Crippen LogP contribution < -0.4 is 5.32 Å². The number of benzene rings is 1. The van der Waals surface area contributed by atoms with Gasteiger partial charge in [0.15, 0.2) is 0 Å². The molecular formula is C18H26FNO. The Labute approximate surface area is 127 Å². The van der Waals surface area contributed by atoms with Gasteiger partial charge >= 0.3 is 0 Å². The number of hydrogen-bond acceptors (Lipinski definition) is 2. The van der Waals surface area contributed by atoms with Crippen molar-refractivity contribution >= 4 is 0 Å². The van der Waals surface area contributed by atoms with Crippen LogP contribution in [0.3, 0.4) is 0 Å². The quantitative estimate of drug-likeness (QED) is 0.889. The van der Waals surface area contributed by atoms with Gasteiger partial charge in [0.1, 0.15) is 5.82 Å². The van der Waals surface area contributed by atoms with Gasteiger partial charge in [-0.05, 0) is 56.7 Å². The van der Waals surface area contributed by atoms with Gasteiger partial charge in [-0.15, -0.1) is 0 Å². The highest BCUT2D eigenvalue weighted by Crippen LogP contribution is 2.57. The highest BCUT2D eigenvalue weighted by atomic mass is 19.1. The molecule has 0 heterocycles. The third-order valence-electron chi connectivity index (χ3n) is 5.49. The molecule has 1 N–H and O–H groups in total. The molecule has 1 aromatic carbocycles. The Hall–Kier alpha value is -0.930. The minimum Gasteiger partial charge on any atom is -0.378 e. The zero-order valence-electron chi connectivity index (χ0n) is 13.3. The van der Waals surface area contributed by atoms with Crippen LogP contribution in [0.1, 0.15) is 49.3 Å². The van der Waals surface area contributed by atoms with Gasteiger partial charge in [-0.3, -0.25) is 0 Å². The lowest BCUT2D eigenvalue weighted by atomic mass is 9.51. The van der Waals surface area contributed by atoms with Crippen LogP contribution in [0.5, 0.6) is 0 Å². The second kappa shape index (κ2) is 5.69. The van der Waals surface area contributed by atoms with Gasteiger partial charge in [-0.1, -0.05) is 18.6 Å². The lowest BCUT2D eigenvalue weighted by Gasteiger charge is -2.61. The maximum absolute atomic E-state index is 13.7. The Morgan fingerprint density at radius 3 is 2.48 bits per heavy atom. The van der Waals surface area contributed by atoms with Crippen LogP contribution in [-0.2, 0) is 11.3 Å². The summed E-state index contributed by atoms with van der Waals surface area (Å²) in [7, 11) is 0. The van der Waals surface area contributed by atoms with E-state index in [1.54, 1.807) is 0 Å². The predicted octanol–water partition coefficient (Wildman–Crippen LogP) is 3.88. The lowest BCUT2D eigenvalue weighted by Crippen LogP contribution is -2.66. The topological polar surface area (TPSA) is 21.3 Å². The number of aryl methyl sites for hydroxylation is 2. The Kier molecular flexibility index (Phi) is 4.06. The summed E-state index contributed by atoms with van der Waals surface area (Å²) < 4.78 is 19.6. The summed E-state index contributed by atoms with van der Waals surface area (Å²) in [6, 6.07) is 4.48. The first-order valence-corrected chi connectivity index (χ1v) is 8.17. The van der Waals surface area contributed by atoms with E-state index in [4.69, 9.17) is 4.74 Å². The van der Waals surface area contributed by atoms with Crippen molar-refractivity contribution in [3.63, 3.8) is 0 Å². The van der Waals surface area contributed by atoms with Gasteiger partial charge in [0.25, 0.3) is 0 Å². The van der Waals surface area contributed by atoms with E-state index in [1.165, 1.54) is 24.8 Å². The highest BCUT2D eigenvalue weighted by molar-refractivity contribution is 5.30. The third-order valence-corrected chi connectivity index (χ3v) is 5.49. The summed E-state index contributed by atoms with van der Waals surface area (Å²) >= 11 is 0. The zero-order valence-corrected chi connectivity index (χ0v) is 13.3. The van der Waals surface area contributed by atoms with E-state index in [-0.39, 0.29) is 5.82 Å². The van der Waals surface area contributed by atoms with Crippen LogP contribution in [-0.4, -0.2) is 18.8 Å². The van der Waals surface area contributed by atoms with Crippen molar-refractivity contribution in [1.29, 1.82) is 0 Å². The molecule has 116 valence electrons. The average molecular weight is 291 g/mol. The molecule has 21 heavy (non-hydrogen) atoms. The molecule has 0 aromatic heterocycles. The van der Waals surface area contributed by atoms with Gasteiger partial charge in [-0.2, -0.15) is 0 Å². The molecule has 2 saturated carbocycles. The first kappa shape index (κ1) is 15.0. The molecule has 2 aliphatic rings. The fourth-order valence-corrected chi connectivity index (χ4v) is 4.10. The summed E-state index contributed by atoms with van der Waals surface area (Å²) in [4.78, 5) is 0. The summed E-state index contributed by atoms with van der Waals surface area (Å²) in [5, 5.41) is 3.69. The molecular weight excluding hydrogens is 265 g/mol. The van der Waals surface area contributed by atoms with E-state index in [2.05, 4.69) is 12.2 Å². The molecule has 3 heteroatoms. The van der Waals surface area contributed by atoms with Crippen LogP contribution in [0.2, 0.25) is 0 Å². The number of hydrogen-bond donors (Lipinski definition) is 1. The number of rotatable bonds is 5. The second-order valence-corrected chi connectivity index (χ2v) is 6.74. The van der Waals surface area contributed by atoms with E-state index in [0.29, 0.717) is 17.6 Å². The molecule has 3 rings (SSSR count). The molecule has 2 fully saturated rings. The van der Waals surface area contributed by atoms with Crippen molar-refractivity contribution in [3.05, 3.63) is 34.6 Å². The van der Waals surface area contributed by atoms with Crippen molar-refractivity contribution < 1.29 is 9.13 Å². The molecule has 1 spiro atoms. The summed E-state index contributed by atoms with van der Waals surface area (Å²) in [6.07, 6.45) is 5.47. The van der Waals surface area contributed by atoms with Crippen LogP contribution in [0.4, 0.5) is 4.39 Å². The second-order valence-electron chi connectivity index (χ2n) is 6.74. The monoisotopic (exact) mass is 291 g/mol. The largest absolute Gasteiger partial charge is 0.378 e. The molecule has 2 atom stereocenters. The van der Waals surface area contributed by atoms with E-state index in [9.17, 15) is 4.39 Å². The van der Waals surface area contributed by atoms with Crippen molar-refractivity contribution in [2.75, 3.05) is 6.61 Å². The van der Waals surface area contributed by atoms with E-state index < -0.39 is 0 Å². The van der Waals surface area contributed by atoms with Crippen LogP contribution in [0.25, 0.3) is 0 Å². The molecule has 0 aliphatic heterocycles. The number of ether oxygens (including phenoxy) is 1. The number of nitrogens with one attached hydrogen (secondary N) is 1. The summed E-state index contributed by atoms with van der Waals surface area (Å²) in [6.45, 7) is 7.40. The molecule has 2 unspecified atom stereocenters. The first-order chi connectivity index (χ1) is 10.1. The molecule has 0 amide bonds.